The van der Waals surface area contributed by atoms with E-state index in [-0.39, 0.29) is 29.7 Å². The summed E-state index contributed by atoms with van der Waals surface area (Å²) in [7, 11) is 1.91. The molecule has 0 spiro atoms. The van der Waals surface area contributed by atoms with Crippen molar-refractivity contribution in [3.05, 3.63) is 0 Å². The molecule has 0 heterocycles. The van der Waals surface area contributed by atoms with E-state index in [0.717, 1.165) is 12.3 Å². The Morgan fingerprint density at radius 1 is 1.11 bits per heavy atom. The van der Waals surface area contributed by atoms with Crippen molar-refractivity contribution in [2.24, 2.45) is 0 Å². The Labute approximate surface area is 67.7 Å². The van der Waals surface area contributed by atoms with Gasteiger partial charge in [0.25, 0.3) is 0 Å². The van der Waals surface area contributed by atoms with Crippen molar-refractivity contribution in [1.29, 1.82) is 0 Å². The summed E-state index contributed by atoms with van der Waals surface area (Å²) in [6.45, 7) is 1.00. The highest BCUT2D eigenvalue weighted by atomic mass is 32.1. The summed E-state index contributed by atoms with van der Waals surface area (Å²) in [5.41, 5.74) is 0. The zero-order chi connectivity index (χ0) is 4.12. The molecule has 0 fully saturated rings. The van der Waals surface area contributed by atoms with E-state index in [2.05, 4.69) is 17.9 Å². The second kappa shape index (κ2) is 40.5. The third kappa shape index (κ3) is 62.0. The molecular weight excluding hydrogens is 130 g/mol. The van der Waals surface area contributed by atoms with Crippen LogP contribution < -0.4 is 5.32 Å². The molecule has 64 valence electrons. The molecule has 0 unspecified atom stereocenters. The highest BCUT2D eigenvalue weighted by Gasteiger charge is 1.65. The van der Waals surface area contributed by atoms with Crippen molar-refractivity contribution in [3.8, 4) is 0 Å². The van der Waals surface area contributed by atoms with Crippen LogP contribution in [0.5, 0.6) is 0 Å². The van der Waals surface area contributed by atoms with E-state index in [9.17, 15) is 0 Å². The number of hydrogen-bond donors (Lipinski definition) is 2. The lowest BCUT2D eigenvalue weighted by Gasteiger charge is -1.84. The summed E-state index contributed by atoms with van der Waals surface area (Å²) >= 11 is 3.94. The third-order valence-corrected chi connectivity index (χ3v) is 0.585. The zero-order valence-corrected chi connectivity index (χ0v) is 4.26. The summed E-state index contributed by atoms with van der Waals surface area (Å²) < 4.78 is 0. The van der Waals surface area contributed by atoms with Gasteiger partial charge in [-0.1, -0.05) is 29.7 Å². The SMILES string of the molecule is C.C.C.C.CNCCS. The molecule has 9 heavy (non-hydrogen) atoms. The van der Waals surface area contributed by atoms with Gasteiger partial charge in [0.1, 0.15) is 0 Å². The van der Waals surface area contributed by atoms with Crippen LogP contribution in [0.15, 0.2) is 0 Å². The molecule has 0 amide bonds. The summed E-state index contributed by atoms with van der Waals surface area (Å²) in [6, 6.07) is 0. The average Bonchev–Trinajstić information content (AvgIpc) is 1.41. The Kier molecular flexibility index (Phi) is 156. The van der Waals surface area contributed by atoms with Gasteiger partial charge in [-0.2, -0.15) is 12.6 Å². The van der Waals surface area contributed by atoms with Crippen molar-refractivity contribution in [2.45, 2.75) is 29.7 Å². The molecule has 1 N–H and O–H groups in total. The van der Waals surface area contributed by atoms with Gasteiger partial charge < -0.3 is 5.32 Å². The molecule has 0 rings (SSSR count). The Balaban J connectivity index is -0.0000000133. The fourth-order valence-corrected chi connectivity index (χ4v) is 0.335. The lowest BCUT2D eigenvalue weighted by molar-refractivity contribution is 0.874. The minimum Gasteiger partial charge on any atom is -0.319 e. The summed E-state index contributed by atoms with van der Waals surface area (Å²) in [5, 5.41) is 2.94. The molecule has 0 saturated heterocycles. The Morgan fingerprint density at radius 3 is 1.44 bits per heavy atom. The molecule has 0 aliphatic rings. The fraction of sp³-hybridized carbons (Fsp3) is 1.00. The molecule has 0 aliphatic carbocycles. The normalized spacial score (nSPS) is 4.67. The van der Waals surface area contributed by atoms with Gasteiger partial charge in [0.05, 0.1) is 0 Å². The maximum Gasteiger partial charge on any atom is 0.00367 e. The molecule has 0 aliphatic heterocycles. The van der Waals surface area contributed by atoms with Crippen LogP contribution >= 0.6 is 12.6 Å². The first-order valence-corrected chi connectivity index (χ1v) is 2.30. The summed E-state index contributed by atoms with van der Waals surface area (Å²) in [6.07, 6.45) is 0. The average molecular weight is 155 g/mol. The van der Waals surface area contributed by atoms with Crippen LogP contribution in [-0.4, -0.2) is 19.3 Å². The lowest BCUT2D eigenvalue weighted by Crippen LogP contribution is -2.07. The molecule has 1 nitrogen and oxygen atoms in total. The molecule has 0 saturated carbocycles. The summed E-state index contributed by atoms with van der Waals surface area (Å²) in [5.74, 6) is 0.927. The van der Waals surface area contributed by atoms with E-state index in [0.29, 0.717) is 0 Å². The molecule has 0 atom stereocenters. The Hall–Kier alpha value is 0.310. The highest BCUT2D eigenvalue weighted by Crippen LogP contribution is 1.62. The number of thiol groups is 1. The van der Waals surface area contributed by atoms with Crippen molar-refractivity contribution in [1.82, 2.24) is 5.32 Å². The molecule has 0 aromatic heterocycles. The Morgan fingerprint density at radius 2 is 1.44 bits per heavy atom. The highest BCUT2D eigenvalue weighted by molar-refractivity contribution is 7.80. The maximum absolute atomic E-state index is 3.94. The van der Waals surface area contributed by atoms with Crippen LogP contribution in [0.2, 0.25) is 0 Å². The van der Waals surface area contributed by atoms with Gasteiger partial charge in [-0.3, -0.25) is 0 Å². The van der Waals surface area contributed by atoms with Crippen molar-refractivity contribution < 1.29 is 0 Å². The van der Waals surface area contributed by atoms with Crippen LogP contribution in [0, 0.1) is 0 Å². The first kappa shape index (κ1) is 34.6. The lowest BCUT2D eigenvalue weighted by atomic mass is 10.8. The molecular formula is C7H25NS. The van der Waals surface area contributed by atoms with E-state index < -0.39 is 0 Å². The predicted octanol–water partition coefficient (Wildman–Crippen LogP) is 2.68. The molecule has 0 radical (unpaired) electrons. The van der Waals surface area contributed by atoms with Crippen molar-refractivity contribution in [2.75, 3.05) is 19.3 Å². The molecule has 0 aromatic rings. The second-order valence-corrected chi connectivity index (χ2v) is 1.27. The standard InChI is InChI=1S/C3H9NS.4CH4/c1-4-2-3-5;;;;/h4-5H,2-3H2,1H3;4*1H4. The Bertz CT molecular complexity index is 16.4. The fourth-order valence-electron chi connectivity index (χ4n) is 0.112. The minimum absolute atomic E-state index is 0. The first-order valence-electron chi connectivity index (χ1n) is 1.67. The zero-order valence-electron chi connectivity index (χ0n) is 3.36. The number of rotatable bonds is 2. The number of nitrogens with one attached hydrogen (secondary N) is 1. The smallest absolute Gasteiger partial charge is 0.00367 e. The third-order valence-electron chi connectivity index (χ3n) is 0.362. The van der Waals surface area contributed by atoms with E-state index in [1.54, 1.807) is 0 Å². The van der Waals surface area contributed by atoms with Gasteiger partial charge in [-0.05, 0) is 7.05 Å². The van der Waals surface area contributed by atoms with E-state index in [1.165, 1.54) is 0 Å². The van der Waals surface area contributed by atoms with E-state index in [4.69, 9.17) is 0 Å². The van der Waals surface area contributed by atoms with Crippen LogP contribution in [0.1, 0.15) is 29.7 Å². The first-order chi connectivity index (χ1) is 2.41. The van der Waals surface area contributed by atoms with E-state index >= 15 is 0 Å². The number of hydrogen-bond acceptors (Lipinski definition) is 2. The van der Waals surface area contributed by atoms with Crippen molar-refractivity contribution in [3.63, 3.8) is 0 Å². The minimum atomic E-state index is 0. The largest absolute Gasteiger partial charge is 0.319 e. The van der Waals surface area contributed by atoms with Gasteiger partial charge >= 0.3 is 0 Å². The van der Waals surface area contributed by atoms with Crippen LogP contribution in [-0.2, 0) is 0 Å². The van der Waals surface area contributed by atoms with Crippen molar-refractivity contribution >= 4 is 12.6 Å². The topological polar surface area (TPSA) is 12.0 Å². The second-order valence-electron chi connectivity index (χ2n) is 0.827. The predicted molar refractivity (Wildman–Crippen MR) is 54.7 cm³/mol. The van der Waals surface area contributed by atoms with Gasteiger partial charge in [-0.15, -0.1) is 0 Å². The van der Waals surface area contributed by atoms with Crippen LogP contribution in [0.25, 0.3) is 0 Å². The van der Waals surface area contributed by atoms with E-state index in [1.807, 2.05) is 7.05 Å². The maximum atomic E-state index is 3.94. The van der Waals surface area contributed by atoms with Crippen LogP contribution in [0.4, 0.5) is 0 Å². The van der Waals surface area contributed by atoms with Gasteiger partial charge in [0, 0.05) is 12.3 Å². The van der Waals surface area contributed by atoms with Gasteiger partial charge in [0.2, 0.25) is 0 Å². The van der Waals surface area contributed by atoms with Gasteiger partial charge in [0.15, 0.2) is 0 Å². The molecule has 2 heteroatoms. The summed E-state index contributed by atoms with van der Waals surface area (Å²) in [4.78, 5) is 0. The molecule has 0 bridgehead atoms. The monoisotopic (exact) mass is 155 g/mol. The quantitative estimate of drug-likeness (QED) is 0.584. The molecule has 0 aromatic carbocycles. The van der Waals surface area contributed by atoms with Crippen LogP contribution in [0.3, 0.4) is 0 Å². The van der Waals surface area contributed by atoms with Gasteiger partial charge in [-0.25, -0.2) is 0 Å².